The van der Waals surface area contributed by atoms with Crippen molar-refractivity contribution in [2.75, 3.05) is 23.7 Å². The van der Waals surface area contributed by atoms with Gasteiger partial charge in [0.15, 0.2) is 0 Å². The summed E-state index contributed by atoms with van der Waals surface area (Å²) in [5, 5.41) is 9.19. The van der Waals surface area contributed by atoms with E-state index in [1.807, 2.05) is 37.3 Å². The van der Waals surface area contributed by atoms with Crippen LogP contribution in [0.2, 0.25) is 0 Å². The summed E-state index contributed by atoms with van der Waals surface area (Å²) < 4.78 is 0. The van der Waals surface area contributed by atoms with Gasteiger partial charge in [-0.2, -0.15) is 0 Å². The van der Waals surface area contributed by atoms with Crippen LogP contribution in [0.15, 0.2) is 61.1 Å². The van der Waals surface area contributed by atoms with E-state index in [2.05, 4.69) is 30.9 Å². The Labute approximate surface area is 151 Å². The lowest BCUT2D eigenvalue weighted by Crippen LogP contribution is -2.28. The molecule has 0 fully saturated rings. The molecular weight excluding hydrogens is 328 g/mol. The fourth-order valence-electron chi connectivity index (χ4n) is 2.36. The molecule has 0 bridgehead atoms. The molecule has 0 aliphatic rings. The first kappa shape index (κ1) is 17.3. The van der Waals surface area contributed by atoms with Crippen LogP contribution < -0.4 is 16.0 Å². The number of rotatable bonds is 7. The highest BCUT2D eigenvalue weighted by Crippen LogP contribution is 2.15. The molecule has 3 aromatic rings. The second kappa shape index (κ2) is 8.57. The van der Waals surface area contributed by atoms with Crippen LogP contribution in [0.3, 0.4) is 0 Å². The average molecular weight is 348 g/mol. The average Bonchev–Trinajstić information content (AvgIpc) is 2.66. The van der Waals surface area contributed by atoms with Crippen LogP contribution >= 0.6 is 0 Å². The van der Waals surface area contributed by atoms with E-state index in [1.54, 1.807) is 30.7 Å². The molecule has 132 valence electrons. The number of hydrogen-bond acceptors (Lipinski definition) is 6. The van der Waals surface area contributed by atoms with Crippen molar-refractivity contribution in [3.05, 3.63) is 72.3 Å². The summed E-state index contributed by atoms with van der Waals surface area (Å²) in [6.45, 7) is 3.03. The smallest absolute Gasteiger partial charge is 0.251 e. The van der Waals surface area contributed by atoms with Gasteiger partial charge in [-0.05, 0) is 37.3 Å². The Morgan fingerprint density at radius 2 is 1.92 bits per heavy atom. The molecule has 2 aromatic heterocycles. The van der Waals surface area contributed by atoms with Gasteiger partial charge in [0.2, 0.25) is 0 Å². The van der Waals surface area contributed by atoms with Crippen molar-refractivity contribution in [3.63, 3.8) is 0 Å². The molecule has 0 atom stereocenters. The molecule has 0 unspecified atom stereocenters. The maximum absolute atomic E-state index is 12.3. The number of aryl methyl sites for hydroxylation is 1. The second-order valence-electron chi connectivity index (χ2n) is 5.64. The monoisotopic (exact) mass is 348 g/mol. The molecule has 3 N–H and O–H groups in total. The van der Waals surface area contributed by atoms with Crippen LogP contribution in [-0.2, 0) is 0 Å². The fourth-order valence-corrected chi connectivity index (χ4v) is 2.36. The van der Waals surface area contributed by atoms with Gasteiger partial charge in [-0.3, -0.25) is 9.78 Å². The minimum atomic E-state index is -0.133. The van der Waals surface area contributed by atoms with Crippen LogP contribution in [0.4, 0.5) is 17.3 Å². The highest BCUT2D eigenvalue weighted by atomic mass is 16.1. The molecule has 0 saturated heterocycles. The Kier molecular flexibility index (Phi) is 5.72. The third-order valence-electron chi connectivity index (χ3n) is 3.57. The molecule has 0 aliphatic carbocycles. The third-order valence-corrected chi connectivity index (χ3v) is 3.57. The summed E-state index contributed by atoms with van der Waals surface area (Å²) in [7, 11) is 0. The predicted molar refractivity (Wildman–Crippen MR) is 102 cm³/mol. The summed E-state index contributed by atoms with van der Waals surface area (Å²) in [5.41, 5.74) is 2.30. The van der Waals surface area contributed by atoms with E-state index in [1.165, 1.54) is 0 Å². The lowest BCUT2D eigenvalue weighted by Gasteiger charge is -2.09. The predicted octanol–water partition coefficient (Wildman–Crippen LogP) is 2.77. The Morgan fingerprint density at radius 1 is 1.04 bits per heavy atom. The van der Waals surface area contributed by atoms with Crippen LogP contribution in [-0.4, -0.2) is 33.9 Å². The minimum Gasteiger partial charge on any atom is -0.368 e. The Hall–Kier alpha value is -3.48. The highest BCUT2D eigenvalue weighted by molar-refractivity contribution is 5.95. The van der Waals surface area contributed by atoms with Crippen molar-refractivity contribution >= 4 is 23.2 Å². The van der Waals surface area contributed by atoms with E-state index < -0.39 is 0 Å². The normalized spacial score (nSPS) is 10.2. The zero-order chi connectivity index (χ0) is 18.2. The van der Waals surface area contributed by atoms with Gasteiger partial charge in [0.25, 0.3) is 5.91 Å². The molecule has 0 radical (unpaired) electrons. The molecule has 7 nitrogen and oxygen atoms in total. The van der Waals surface area contributed by atoms with Crippen molar-refractivity contribution in [2.45, 2.75) is 6.92 Å². The van der Waals surface area contributed by atoms with Crippen molar-refractivity contribution in [3.8, 4) is 0 Å². The highest BCUT2D eigenvalue weighted by Gasteiger charge is 2.06. The van der Waals surface area contributed by atoms with Crippen LogP contribution in [0.1, 0.15) is 16.1 Å². The zero-order valence-corrected chi connectivity index (χ0v) is 14.4. The lowest BCUT2D eigenvalue weighted by atomic mass is 10.2. The molecule has 1 aromatic carbocycles. The molecule has 0 aliphatic heterocycles. The maximum atomic E-state index is 12.3. The van der Waals surface area contributed by atoms with Crippen LogP contribution in [0, 0.1) is 6.92 Å². The number of nitrogens with zero attached hydrogens (tertiary/aromatic N) is 3. The van der Waals surface area contributed by atoms with E-state index in [9.17, 15) is 4.79 Å². The van der Waals surface area contributed by atoms with Crippen molar-refractivity contribution in [1.29, 1.82) is 0 Å². The molecule has 26 heavy (non-hydrogen) atoms. The summed E-state index contributed by atoms with van der Waals surface area (Å²) in [6, 6.07) is 13.0. The van der Waals surface area contributed by atoms with Gasteiger partial charge in [0, 0.05) is 42.4 Å². The summed E-state index contributed by atoms with van der Waals surface area (Å²) >= 11 is 0. The van der Waals surface area contributed by atoms with Gasteiger partial charge in [0.05, 0.1) is 6.20 Å². The van der Waals surface area contributed by atoms with Crippen molar-refractivity contribution < 1.29 is 4.79 Å². The number of aromatic nitrogens is 3. The number of benzene rings is 1. The van der Waals surface area contributed by atoms with Gasteiger partial charge in [-0.1, -0.05) is 12.1 Å². The minimum absolute atomic E-state index is 0.133. The fraction of sp³-hybridized carbons (Fsp3) is 0.158. The molecular formula is C19H20N6O. The Morgan fingerprint density at radius 3 is 2.73 bits per heavy atom. The zero-order valence-electron chi connectivity index (χ0n) is 14.4. The molecule has 2 heterocycles. The molecule has 7 heteroatoms. The van der Waals surface area contributed by atoms with Gasteiger partial charge < -0.3 is 16.0 Å². The number of nitrogens with one attached hydrogen (secondary N) is 3. The molecule has 0 spiro atoms. The van der Waals surface area contributed by atoms with Crippen molar-refractivity contribution in [2.24, 2.45) is 0 Å². The molecule has 0 saturated carbocycles. The Bertz CT molecular complexity index is 869. The van der Waals surface area contributed by atoms with Gasteiger partial charge >= 0.3 is 0 Å². The van der Waals surface area contributed by atoms with Crippen LogP contribution in [0.25, 0.3) is 0 Å². The van der Waals surface area contributed by atoms with E-state index >= 15 is 0 Å². The number of amides is 1. The number of carbonyl (C=O) groups excluding carboxylic acids is 1. The number of hydrogen-bond donors (Lipinski definition) is 3. The first-order valence-electron chi connectivity index (χ1n) is 8.29. The second-order valence-corrected chi connectivity index (χ2v) is 5.64. The largest absolute Gasteiger partial charge is 0.368 e. The van der Waals surface area contributed by atoms with Crippen LogP contribution in [0.5, 0.6) is 0 Å². The first-order chi connectivity index (χ1) is 12.7. The van der Waals surface area contributed by atoms with E-state index in [-0.39, 0.29) is 5.91 Å². The quantitative estimate of drug-likeness (QED) is 0.569. The summed E-state index contributed by atoms with van der Waals surface area (Å²) in [6.07, 6.45) is 4.84. The number of anilines is 3. The Balaban J connectivity index is 1.50. The third kappa shape index (κ3) is 5.01. The lowest BCUT2D eigenvalue weighted by molar-refractivity contribution is 0.0955. The summed E-state index contributed by atoms with van der Waals surface area (Å²) in [4.78, 5) is 24.8. The summed E-state index contributed by atoms with van der Waals surface area (Å²) in [5.74, 6) is 1.29. The maximum Gasteiger partial charge on any atom is 0.251 e. The standard InChI is InChI=1S/C19H20N6O/c1-14-4-2-7-17(24-14)21-10-11-23-19(26)15-5-3-6-16(12-15)25-18-13-20-8-9-22-18/h2-9,12-13H,10-11H2,1H3,(H,21,24)(H,22,25)(H,23,26). The van der Waals surface area contributed by atoms with E-state index in [0.717, 1.165) is 17.2 Å². The SMILES string of the molecule is Cc1cccc(NCCNC(=O)c2cccc(Nc3cnccn3)c2)n1. The van der Waals surface area contributed by atoms with Gasteiger partial charge in [-0.15, -0.1) is 0 Å². The van der Waals surface area contributed by atoms with E-state index in [0.29, 0.717) is 24.5 Å². The van der Waals surface area contributed by atoms with E-state index in [4.69, 9.17) is 0 Å². The first-order valence-corrected chi connectivity index (χ1v) is 8.29. The topological polar surface area (TPSA) is 91.8 Å². The number of carbonyl (C=O) groups is 1. The molecule has 1 amide bonds. The number of pyridine rings is 1. The van der Waals surface area contributed by atoms with Gasteiger partial charge in [0.1, 0.15) is 11.6 Å². The van der Waals surface area contributed by atoms with Gasteiger partial charge in [-0.25, -0.2) is 9.97 Å². The molecule has 3 rings (SSSR count). The van der Waals surface area contributed by atoms with Crippen molar-refractivity contribution in [1.82, 2.24) is 20.3 Å².